The van der Waals surface area contributed by atoms with Gasteiger partial charge in [0, 0.05) is 0 Å². The van der Waals surface area contributed by atoms with Crippen LogP contribution in [0.1, 0.15) is 26.2 Å². The van der Waals surface area contributed by atoms with Gasteiger partial charge in [-0.25, -0.2) is 0 Å². The van der Waals surface area contributed by atoms with Crippen LogP contribution in [0, 0.1) is 5.92 Å². The maximum absolute atomic E-state index is 3.75. The number of hydrogen-bond acceptors (Lipinski definition) is 1. The van der Waals surface area contributed by atoms with E-state index in [9.17, 15) is 0 Å². The minimum absolute atomic E-state index is 0. The molecule has 0 aromatic heterocycles. The summed E-state index contributed by atoms with van der Waals surface area (Å²) in [6.07, 6.45) is 11.7. The highest BCUT2D eigenvalue weighted by molar-refractivity contribution is 4.90. The van der Waals surface area contributed by atoms with Crippen LogP contribution in [-0.4, -0.2) is 12.0 Å². The summed E-state index contributed by atoms with van der Waals surface area (Å²) in [4.78, 5) is 0. The summed E-state index contributed by atoms with van der Waals surface area (Å²) in [5, 5.41) is 2.22. The predicted molar refractivity (Wildman–Crippen MR) is 61.3 cm³/mol. The van der Waals surface area contributed by atoms with Gasteiger partial charge < -0.3 is 10.8 Å². The number of quaternary nitrogens is 1. The first-order valence-electron chi connectivity index (χ1n) is 5.06. The summed E-state index contributed by atoms with van der Waals surface area (Å²) >= 11 is 0. The SMILES string of the molecule is C=CCC(C=C[NH2+]CCC)CC=C.[OH-]. The minimum Gasteiger partial charge on any atom is -0.870 e. The summed E-state index contributed by atoms with van der Waals surface area (Å²) in [6, 6.07) is 0. The Morgan fingerprint density at radius 1 is 1.21 bits per heavy atom. The molecule has 2 nitrogen and oxygen atoms in total. The van der Waals surface area contributed by atoms with Crippen LogP contribution in [0.15, 0.2) is 37.6 Å². The van der Waals surface area contributed by atoms with Crippen molar-refractivity contribution in [3.63, 3.8) is 0 Å². The smallest absolute Gasteiger partial charge is 0.0888 e. The Hall–Kier alpha value is -0.860. The first kappa shape index (κ1) is 15.6. The van der Waals surface area contributed by atoms with E-state index in [4.69, 9.17) is 0 Å². The van der Waals surface area contributed by atoms with Gasteiger partial charge in [0.15, 0.2) is 0 Å². The molecule has 0 unspecified atom stereocenters. The number of hydrogen-bond donors (Lipinski definition) is 1. The lowest BCUT2D eigenvalue weighted by Crippen LogP contribution is -2.77. The van der Waals surface area contributed by atoms with Gasteiger partial charge in [-0.05, 0) is 31.3 Å². The van der Waals surface area contributed by atoms with Crippen molar-refractivity contribution in [3.8, 4) is 0 Å². The molecule has 0 amide bonds. The molecule has 0 fully saturated rings. The second-order valence-electron chi connectivity index (χ2n) is 3.22. The van der Waals surface area contributed by atoms with E-state index in [1.165, 1.54) is 13.0 Å². The Bertz CT molecular complexity index is 154. The van der Waals surface area contributed by atoms with Crippen LogP contribution in [0.2, 0.25) is 0 Å². The van der Waals surface area contributed by atoms with Gasteiger partial charge in [0.05, 0.1) is 12.7 Å². The quantitative estimate of drug-likeness (QED) is 0.470. The van der Waals surface area contributed by atoms with Gasteiger partial charge >= 0.3 is 0 Å². The number of nitrogens with two attached hydrogens (primary N) is 1. The molecule has 0 aromatic rings. The molecule has 2 heteroatoms. The molecule has 82 valence electrons. The lowest BCUT2D eigenvalue weighted by atomic mass is 10.0. The zero-order chi connectivity index (χ0) is 9.94. The molecular formula is C12H23NO. The Balaban J connectivity index is 0. The van der Waals surface area contributed by atoms with Crippen molar-refractivity contribution in [3.05, 3.63) is 37.6 Å². The Kier molecular flexibility index (Phi) is 13.5. The number of rotatable bonds is 8. The van der Waals surface area contributed by atoms with E-state index in [1.807, 2.05) is 12.2 Å². The molecule has 0 aliphatic carbocycles. The molecule has 0 saturated heterocycles. The fraction of sp³-hybridized carbons (Fsp3) is 0.500. The Labute approximate surface area is 87.7 Å². The molecule has 3 N–H and O–H groups in total. The minimum atomic E-state index is 0. The van der Waals surface area contributed by atoms with Gasteiger partial charge in [-0.15, -0.1) is 13.2 Å². The average Bonchev–Trinajstić information content (AvgIpc) is 2.13. The van der Waals surface area contributed by atoms with Crippen molar-refractivity contribution in [2.45, 2.75) is 26.2 Å². The van der Waals surface area contributed by atoms with Crippen LogP contribution >= 0.6 is 0 Å². The van der Waals surface area contributed by atoms with E-state index < -0.39 is 0 Å². The predicted octanol–water partition coefficient (Wildman–Crippen LogP) is 2.07. The van der Waals surface area contributed by atoms with Gasteiger partial charge in [-0.3, -0.25) is 0 Å². The lowest BCUT2D eigenvalue weighted by molar-refractivity contribution is -0.588. The van der Waals surface area contributed by atoms with Crippen LogP contribution in [0.3, 0.4) is 0 Å². The number of allylic oxidation sites excluding steroid dienone is 3. The highest BCUT2D eigenvalue weighted by atomic mass is 16.0. The topological polar surface area (TPSA) is 46.6 Å². The molecule has 0 radical (unpaired) electrons. The van der Waals surface area contributed by atoms with Crippen LogP contribution in [-0.2, 0) is 0 Å². The van der Waals surface area contributed by atoms with Crippen LogP contribution in [0.5, 0.6) is 0 Å². The van der Waals surface area contributed by atoms with Gasteiger partial charge in [0.2, 0.25) is 0 Å². The summed E-state index contributed by atoms with van der Waals surface area (Å²) < 4.78 is 0. The largest absolute Gasteiger partial charge is 0.870 e. The van der Waals surface area contributed by atoms with Gasteiger partial charge in [-0.1, -0.05) is 19.1 Å². The highest BCUT2D eigenvalue weighted by Gasteiger charge is 1.99. The second-order valence-corrected chi connectivity index (χ2v) is 3.22. The van der Waals surface area contributed by atoms with Crippen LogP contribution in [0.25, 0.3) is 0 Å². The van der Waals surface area contributed by atoms with E-state index in [2.05, 4.69) is 37.7 Å². The second kappa shape index (κ2) is 12.1. The molecule has 0 bridgehead atoms. The summed E-state index contributed by atoms with van der Waals surface area (Å²) in [7, 11) is 0. The molecule has 14 heavy (non-hydrogen) atoms. The molecule has 0 saturated carbocycles. The lowest BCUT2D eigenvalue weighted by Gasteiger charge is -2.04. The maximum Gasteiger partial charge on any atom is 0.0888 e. The monoisotopic (exact) mass is 197 g/mol. The van der Waals surface area contributed by atoms with E-state index in [-0.39, 0.29) is 5.48 Å². The van der Waals surface area contributed by atoms with Crippen LogP contribution < -0.4 is 5.32 Å². The Morgan fingerprint density at radius 2 is 1.79 bits per heavy atom. The van der Waals surface area contributed by atoms with E-state index in [1.54, 1.807) is 0 Å². The van der Waals surface area contributed by atoms with Crippen LogP contribution in [0.4, 0.5) is 0 Å². The molecular weight excluding hydrogens is 174 g/mol. The van der Waals surface area contributed by atoms with Crippen molar-refractivity contribution in [1.82, 2.24) is 0 Å². The summed E-state index contributed by atoms with van der Waals surface area (Å²) in [5.74, 6) is 0.586. The summed E-state index contributed by atoms with van der Waals surface area (Å²) in [5.41, 5.74) is 0. The normalized spacial score (nSPS) is 10.1. The molecule has 0 aliphatic rings. The molecule has 0 spiro atoms. The molecule has 0 aliphatic heterocycles. The van der Waals surface area contributed by atoms with Gasteiger partial charge in [-0.2, -0.15) is 0 Å². The fourth-order valence-corrected chi connectivity index (χ4v) is 1.18. The summed E-state index contributed by atoms with van der Waals surface area (Å²) in [6.45, 7) is 10.9. The highest BCUT2D eigenvalue weighted by Crippen LogP contribution is 2.10. The third kappa shape index (κ3) is 9.23. The van der Waals surface area contributed by atoms with Crippen molar-refractivity contribution < 1.29 is 10.8 Å². The van der Waals surface area contributed by atoms with E-state index >= 15 is 0 Å². The zero-order valence-electron chi connectivity index (χ0n) is 9.15. The third-order valence-corrected chi connectivity index (χ3v) is 1.91. The third-order valence-electron chi connectivity index (χ3n) is 1.91. The fourth-order valence-electron chi connectivity index (χ4n) is 1.18. The molecule has 0 rings (SSSR count). The van der Waals surface area contributed by atoms with Gasteiger partial charge in [0.1, 0.15) is 0 Å². The zero-order valence-corrected chi connectivity index (χ0v) is 9.15. The first-order valence-corrected chi connectivity index (χ1v) is 5.06. The van der Waals surface area contributed by atoms with Crippen molar-refractivity contribution in [2.75, 3.05) is 6.54 Å². The van der Waals surface area contributed by atoms with Crippen molar-refractivity contribution in [1.29, 1.82) is 0 Å². The molecule has 0 atom stereocenters. The van der Waals surface area contributed by atoms with Gasteiger partial charge in [0.25, 0.3) is 0 Å². The average molecular weight is 197 g/mol. The van der Waals surface area contributed by atoms with E-state index in [0.29, 0.717) is 5.92 Å². The van der Waals surface area contributed by atoms with Crippen molar-refractivity contribution in [2.24, 2.45) is 5.92 Å². The van der Waals surface area contributed by atoms with Crippen molar-refractivity contribution >= 4 is 0 Å². The standard InChI is InChI=1S/C12H21N.H2O/c1-4-7-12(8-5-2)9-11-13-10-6-3;/h4-5,9,11-13H,1-2,6-8,10H2,3H3;1H2. The molecule has 0 aromatic carbocycles. The maximum atomic E-state index is 3.75. The Morgan fingerprint density at radius 3 is 2.21 bits per heavy atom. The molecule has 0 heterocycles. The van der Waals surface area contributed by atoms with E-state index in [0.717, 1.165) is 12.8 Å². The first-order chi connectivity index (χ1) is 6.35.